The fourth-order valence-corrected chi connectivity index (χ4v) is 4.25. The second-order valence-corrected chi connectivity index (χ2v) is 8.16. The van der Waals surface area contributed by atoms with Crippen LogP contribution in [0.2, 0.25) is 0 Å². The Morgan fingerprint density at radius 3 is 3.03 bits per heavy atom. The van der Waals surface area contributed by atoms with Gasteiger partial charge in [-0.15, -0.1) is 11.3 Å². The molecule has 0 saturated carbocycles. The van der Waals surface area contributed by atoms with E-state index in [1.165, 1.54) is 0 Å². The van der Waals surface area contributed by atoms with Crippen LogP contribution in [0.1, 0.15) is 48.8 Å². The van der Waals surface area contributed by atoms with Crippen LogP contribution < -0.4 is 11.0 Å². The quantitative estimate of drug-likeness (QED) is 0.396. The average molecular weight is 422 g/mol. The molecule has 1 atom stereocenters. The van der Waals surface area contributed by atoms with Gasteiger partial charge in [0.1, 0.15) is 16.9 Å². The first kappa shape index (κ1) is 21.5. The van der Waals surface area contributed by atoms with Crippen LogP contribution >= 0.6 is 11.3 Å². The number of nitrogens with one attached hydrogen (secondary N) is 1. The van der Waals surface area contributed by atoms with Crippen LogP contribution in [0.15, 0.2) is 15.2 Å². The largest absolute Gasteiger partial charge is 0.375 e. The zero-order valence-electron chi connectivity index (χ0n) is 17.7. The highest BCUT2D eigenvalue weighted by Crippen LogP contribution is 2.20. The Hall–Kier alpha value is -2.20. The summed E-state index contributed by atoms with van der Waals surface area (Å²) in [6.45, 7) is 4.78. The Bertz CT molecular complexity index is 885. The van der Waals surface area contributed by atoms with Crippen molar-refractivity contribution in [2.45, 2.75) is 58.3 Å². The maximum Gasteiger partial charge on any atom is 0.345 e. The Kier molecular flexibility index (Phi) is 7.43. The number of rotatable bonds is 8. The van der Waals surface area contributed by atoms with Gasteiger partial charge < -0.3 is 15.0 Å². The number of thiazole rings is 1. The highest BCUT2D eigenvalue weighted by Gasteiger charge is 2.16. The first-order chi connectivity index (χ1) is 14.0. The van der Waals surface area contributed by atoms with Crippen LogP contribution in [-0.2, 0) is 30.8 Å². The van der Waals surface area contributed by atoms with Gasteiger partial charge in [-0.3, -0.25) is 9.56 Å². The molecule has 1 N–H and O–H groups in total. The number of methoxy groups -OCH3 is 1. The molecule has 0 radical (unpaired) electrons. The van der Waals surface area contributed by atoms with Gasteiger partial charge in [-0.05, 0) is 26.2 Å². The van der Waals surface area contributed by atoms with Gasteiger partial charge in [0, 0.05) is 52.6 Å². The minimum atomic E-state index is 0.00789. The van der Waals surface area contributed by atoms with Crippen LogP contribution in [0.25, 0.3) is 0 Å². The molecule has 0 amide bonds. The van der Waals surface area contributed by atoms with Crippen LogP contribution in [0.5, 0.6) is 0 Å². The normalized spacial score (nSPS) is 15.2. The maximum atomic E-state index is 12.4. The maximum absolute atomic E-state index is 12.4. The fourth-order valence-electron chi connectivity index (χ4n) is 3.41. The van der Waals surface area contributed by atoms with Crippen molar-refractivity contribution in [2.24, 2.45) is 4.99 Å². The van der Waals surface area contributed by atoms with Gasteiger partial charge in [0.25, 0.3) is 0 Å². The average Bonchev–Trinajstić information content (AvgIpc) is 3.32. The molecule has 0 aromatic carbocycles. The van der Waals surface area contributed by atoms with E-state index >= 15 is 0 Å². The van der Waals surface area contributed by atoms with E-state index < -0.39 is 0 Å². The molecule has 1 aliphatic heterocycles. The van der Waals surface area contributed by atoms with Crippen LogP contribution in [0, 0.1) is 0 Å². The minimum Gasteiger partial charge on any atom is -0.375 e. The smallest absolute Gasteiger partial charge is 0.345 e. The highest BCUT2D eigenvalue weighted by atomic mass is 32.1. The molecular formula is C19H31N7O2S. The van der Waals surface area contributed by atoms with E-state index in [-0.39, 0.29) is 11.8 Å². The van der Waals surface area contributed by atoms with Gasteiger partial charge in [-0.2, -0.15) is 5.10 Å². The number of hydrogen-bond acceptors (Lipinski definition) is 6. The molecule has 3 rings (SSSR count). The van der Waals surface area contributed by atoms with E-state index in [1.807, 2.05) is 23.4 Å². The third-order valence-electron chi connectivity index (χ3n) is 5.10. The Morgan fingerprint density at radius 2 is 2.31 bits per heavy atom. The number of aryl methyl sites for hydroxylation is 2. The molecule has 1 unspecified atom stereocenters. The zero-order chi connectivity index (χ0) is 20.8. The molecule has 160 valence electrons. The summed E-state index contributed by atoms with van der Waals surface area (Å²) in [5.41, 5.74) is 1.01. The lowest BCUT2D eigenvalue weighted by molar-refractivity contribution is 0.119. The summed E-state index contributed by atoms with van der Waals surface area (Å²) in [5.74, 6) is 1.73. The number of aliphatic imine (C=N–C) groups is 1. The number of fused-ring (bicyclic) bond motifs is 1. The van der Waals surface area contributed by atoms with Crippen molar-refractivity contribution in [3.63, 3.8) is 0 Å². The topological polar surface area (TPSA) is 89.6 Å². The van der Waals surface area contributed by atoms with E-state index in [9.17, 15) is 4.79 Å². The van der Waals surface area contributed by atoms with E-state index in [0.717, 1.165) is 54.7 Å². The monoisotopic (exact) mass is 421 g/mol. The van der Waals surface area contributed by atoms with Gasteiger partial charge in [0.15, 0.2) is 5.96 Å². The first-order valence-electron chi connectivity index (χ1n) is 10.1. The number of nitrogens with zero attached hydrogens (tertiary/aromatic N) is 6. The summed E-state index contributed by atoms with van der Waals surface area (Å²) in [6, 6.07) is 0. The summed E-state index contributed by atoms with van der Waals surface area (Å²) in [4.78, 5) is 23.4. The van der Waals surface area contributed by atoms with Crippen LogP contribution in [0.3, 0.4) is 0 Å². The molecule has 0 saturated heterocycles. The third-order valence-corrected chi connectivity index (χ3v) is 6.16. The zero-order valence-corrected chi connectivity index (χ0v) is 18.5. The highest BCUT2D eigenvalue weighted by molar-refractivity contribution is 7.09. The van der Waals surface area contributed by atoms with Gasteiger partial charge >= 0.3 is 5.69 Å². The molecule has 0 spiro atoms. The summed E-state index contributed by atoms with van der Waals surface area (Å²) in [7, 11) is 5.45. The van der Waals surface area contributed by atoms with E-state index in [1.54, 1.807) is 30.2 Å². The molecule has 9 nitrogen and oxygen atoms in total. The van der Waals surface area contributed by atoms with Crippen LogP contribution in [-0.4, -0.2) is 57.9 Å². The van der Waals surface area contributed by atoms with Gasteiger partial charge in [-0.1, -0.05) is 0 Å². The lowest BCUT2D eigenvalue weighted by Gasteiger charge is -2.21. The molecule has 0 bridgehead atoms. The number of aromatic nitrogens is 4. The van der Waals surface area contributed by atoms with Crippen molar-refractivity contribution < 1.29 is 4.74 Å². The first-order valence-corrected chi connectivity index (χ1v) is 11.0. The third kappa shape index (κ3) is 5.24. The van der Waals surface area contributed by atoms with Crippen molar-refractivity contribution >= 4 is 17.3 Å². The second-order valence-electron chi connectivity index (χ2n) is 7.27. The Labute approximate surface area is 175 Å². The van der Waals surface area contributed by atoms with E-state index in [2.05, 4.69) is 25.8 Å². The summed E-state index contributed by atoms with van der Waals surface area (Å²) in [5, 5.41) is 10.9. The molecule has 2 aromatic heterocycles. The van der Waals surface area contributed by atoms with Crippen LogP contribution in [0.4, 0.5) is 0 Å². The van der Waals surface area contributed by atoms with Crippen molar-refractivity contribution in [1.29, 1.82) is 0 Å². The van der Waals surface area contributed by atoms with Gasteiger partial charge in [0.2, 0.25) is 0 Å². The molecule has 10 heteroatoms. The Balaban J connectivity index is 1.47. The number of guanidine groups is 1. The predicted molar refractivity (Wildman–Crippen MR) is 114 cm³/mol. The molecule has 1 aliphatic rings. The molecule has 2 aromatic rings. The SMILES string of the molecule is CN=C(NCCCn1nc2n(c1=O)CCCC2)N(C)Cc1csc(C(C)OC)n1. The van der Waals surface area contributed by atoms with Crippen molar-refractivity contribution in [1.82, 2.24) is 29.5 Å². The van der Waals surface area contributed by atoms with Crippen molar-refractivity contribution in [2.75, 3.05) is 27.7 Å². The standard InChI is InChI=1S/C19H31N7O2S/c1-14(28-4)17-22-15(13-29-17)12-24(3)18(20-2)21-9-7-11-26-19(27)25-10-6-5-8-16(25)23-26/h13-14H,5-12H2,1-4H3,(H,20,21). The molecular weight excluding hydrogens is 390 g/mol. The van der Waals surface area contributed by atoms with E-state index in [4.69, 9.17) is 4.74 Å². The van der Waals surface area contributed by atoms with Crippen molar-refractivity contribution in [3.8, 4) is 0 Å². The molecule has 29 heavy (non-hydrogen) atoms. The summed E-state index contributed by atoms with van der Waals surface area (Å²) < 4.78 is 8.74. The summed E-state index contributed by atoms with van der Waals surface area (Å²) >= 11 is 1.61. The number of ether oxygens (including phenoxy) is 1. The van der Waals surface area contributed by atoms with Gasteiger partial charge in [-0.25, -0.2) is 14.5 Å². The second kappa shape index (κ2) is 10.0. The predicted octanol–water partition coefficient (Wildman–Crippen LogP) is 1.64. The van der Waals surface area contributed by atoms with E-state index in [0.29, 0.717) is 19.6 Å². The molecule has 3 heterocycles. The van der Waals surface area contributed by atoms with Gasteiger partial charge in [0.05, 0.1) is 12.2 Å². The number of hydrogen-bond donors (Lipinski definition) is 1. The minimum absolute atomic E-state index is 0.00789. The van der Waals surface area contributed by atoms with Crippen molar-refractivity contribution in [3.05, 3.63) is 32.4 Å². The fraction of sp³-hybridized carbons (Fsp3) is 0.684. The lowest BCUT2D eigenvalue weighted by atomic mass is 10.2. The lowest BCUT2D eigenvalue weighted by Crippen LogP contribution is -2.39. The molecule has 0 aliphatic carbocycles. The summed E-state index contributed by atoms with van der Waals surface area (Å²) in [6.07, 6.45) is 3.89. The molecule has 0 fully saturated rings. The Morgan fingerprint density at radius 1 is 1.48 bits per heavy atom.